The number of ketones is 1. The van der Waals surface area contributed by atoms with Crippen molar-refractivity contribution in [2.75, 3.05) is 6.61 Å². The highest BCUT2D eigenvalue weighted by atomic mass is 16.7. The van der Waals surface area contributed by atoms with Gasteiger partial charge in [-0.05, 0) is 61.0 Å². The fraction of sp³-hybridized carbons (Fsp3) is 0.700. The van der Waals surface area contributed by atoms with Crippen LogP contribution in [0.1, 0.15) is 54.9 Å². The third-order valence-corrected chi connectivity index (χ3v) is 4.53. The number of allylic oxidation sites excluding steroid dienone is 2. The van der Waals surface area contributed by atoms with E-state index < -0.39 is 23.0 Å². The first-order valence-electron chi connectivity index (χ1n) is 9.07. The smallest absolute Gasteiger partial charge is 0.408 e. The summed E-state index contributed by atoms with van der Waals surface area (Å²) in [6.45, 7) is 13.2. The van der Waals surface area contributed by atoms with Crippen LogP contribution >= 0.6 is 0 Å². The SMILES string of the molecule is C/C=C\[C@]1(NC(=O)OC(C)(C)C)C(=O)C=C(C)CC1[C@H]1COC(C)(C)O1. The van der Waals surface area contributed by atoms with Gasteiger partial charge in [0.15, 0.2) is 11.6 Å². The highest BCUT2D eigenvalue weighted by molar-refractivity contribution is 6.03. The van der Waals surface area contributed by atoms with Gasteiger partial charge < -0.3 is 19.5 Å². The number of hydrogen-bond donors (Lipinski definition) is 1. The second-order valence-corrected chi connectivity index (χ2v) is 8.53. The average molecular weight is 365 g/mol. The summed E-state index contributed by atoms with van der Waals surface area (Å²) in [6.07, 6.45) is 4.79. The van der Waals surface area contributed by atoms with Gasteiger partial charge in [0.25, 0.3) is 0 Å². The maximum absolute atomic E-state index is 13.1. The lowest BCUT2D eigenvalue weighted by molar-refractivity contribution is -0.150. The molecule has 1 amide bonds. The Hall–Kier alpha value is -1.66. The summed E-state index contributed by atoms with van der Waals surface area (Å²) in [5, 5.41) is 2.84. The predicted octanol–water partition coefficient (Wildman–Crippen LogP) is 3.51. The molecule has 1 unspecified atom stereocenters. The maximum atomic E-state index is 13.1. The molecular formula is C20H31NO5. The first kappa shape index (κ1) is 20.6. The van der Waals surface area contributed by atoms with Crippen LogP contribution in [-0.4, -0.2) is 41.5 Å². The van der Waals surface area contributed by atoms with Crippen LogP contribution in [0, 0.1) is 5.92 Å². The van der Waals surface area contributed by atoms with Crippen molar-refractivity contribution in [2.45, 2.75) is 77.9 Å². The molecule has 146 valence electrons. The molecule has 1 saturated heterocycles. The zero-order chi connectivity index (χ0) is 19.8. The van der Waals surface area contributed by atoms with E-state index in [0.29, 0.717) is 13.0 Å². The van der Waals surface area contributed by atoms with E-state index in [2.05, 4.69) is 5.32 Å². The molecule has 0 bridgehead atoms. The molecule has 2 aliphatic rings. The number of alkyl carbamates (subject to hydrolysis) is 1. The Morgan fingerprint density at radius 1 is 1.38 bits per heavy atom. The van der Waals surface area contributed by atoms with Crippen LogP contribution in [0.4, 0.5) is 4.79 Å². The molecule has 26 heavy (non-hydrogen) atoms. The first-order valence-corrected chi connectivity index (χ1v) is 9.07. The lowest BCUT2D eigenvalue weighted by Gasteiger charge is -2.42. The fourth-order valence-corrected chi connectivity index (χ4v) is 3.57. The van der Waals surface area contributed by atoms with Gasteiger partial charge in [-0.3, -0.25) is 4.79 Å². The van der Waals surface area contributed by atoms with Crippen LogP contribution in [0.5, 0.6) is 0 Å². The van der Waals surface area contributed by atoms with Gasteiger partial charge >= 0.3 is 6.09 Å². The van der Waals surface area contributed by atoms with Gasteiger partial charge in [0.1, 0.15) is 11.1 Å². The van der Waals surface area contributed by atoms with Gasteiger partial charge in [-0.1, -0.05) is 17.7 Å². The highest BCUT2D eigenvalue weighted by Crippen LogP contribution is 2.40. The summed E-state index contributed by atoms with van der Waals surface area (Å²) in [6, 6.07) is 0. The molecule has 0 aromatic rings. The molecular weight excluding hydrogens is 334 g/mol. The Balaban J connectivity index is 2.40. The van der Waals surface area contributed by atoms with Crippen LogP contribution in [0.2, 0.25) is 0 Å². The number of nitrogens with one attached hydrogen (secondary N) is 1. The number of ether oxygens (including phenoxy) is 3. The lowest BCUT2D eigenvalue weighted by atomic mass is 9.70. The van der Waals surface area contributed by atoms with Gasteiger partial charge in [0.05, 0.1) is 12.7 Å². The van der Waals surface area contributed by atoms with Gasteiger partial charge in [-0.15, -0.1) is 0 Å². The standard InChI is InChI=1S/C20H31NO5/c1-8-9-20(21-17(23)26-18(3,4)5)14(10-13(2)11-16(20)22)15-12-24-19(6,7)25-15/h8-9,11,14-15H,10,12H2,1-7H3,(H,21,23)/b9-8-/t14?,15-,20-/m1/s1. The number of hydrogen-bond acceptors (Lipinski definition) is 5. The molecule has 1 fully saturated rings. The summed E-state index contributed by atoms with van der Waals surface area (Å²) in [4.78, 5) is 25.6. The molecule has 1 aliphatic heterocycles. The van der Waals surface area contributed by atoms with Crippen molar-refractivity contribution in [3.8, 4) is 0 Å². The van der Waals surface area contributed by atoms with Gasteiger partial charge in [-0.2, -0.15) is 0 Å². The monoisotopic (exact) mass is 365 g/mol. The van der Waals surface area contributed by atoms with E-state index in [0.717, 1.165) is 5.57 Å². The Morgan fingerprint density at radius 3 is 2.54 bits per heavy atom. The first-order chi connectivity index (χ1) is 11.9. The molecule has 6 heteroatoms. The fourth-order valence-electron chi connectivity index (χ4n) is 3.57. The summed E-state index contributed by atoms with van der Waals surface area (Å²) in [5.41, 5.74) is -0.917. The molecule has 1 heterocycles. The third kappa shape index (κ3) is 4.54. The van der Waals surface area contributed by atoms with Crippen molar-refractivity contribution in [1.82, 2.24) is 5.32 Å². The quantitative estimate of drug-likeness (QED) is 0.775. The van der Waals surface area contributed by atoms with E-state index in [-0.39, 0.29) is 17.8 Å². The highest BCUT2D eigenvalue weighted by Gasteiger charge is 2.53. The van der Waals surface area contributed by atoms with E-state index in [9.17, 15) is 9.59 Å². The van der Waals surface area contributed by atoms with Crippen LogP contribution < -0.4 is 5.32 Å². The minimum atomic E-state index is -1.22. The Bertz CT molecular complexity index is 629. The van der Waals surface area contributed by atoms with Gasteiger partial charge in [-0.25, -0.2) is 4.79 Å². The van der Waals surface area contributed by atoms with Crippen LogP contribution in [0.25, 0.3) is 0 Å². The minimum Gasteiger partial charge on any atom is -0.444 e. The van der Waals surface area contributed by atoms with Crippen molar-refractivity contribution in [3.05, 3.63) is 23.8 Å². The second kappa shape index (κ2) is 7.16. The van der Waals surface area contributed by atoms with E-state index >= 15 is 0 Å². The van der Waals surface area contributed by atoms with Crippen molar-refractivity contribution < 1.29 is 23.8 Å². The molecule has 0 aromatic carbocycles. The molecule has 6 nitrogen and oxygen atoms in total. The van der Waals surface area contributed by atoms with Gasteiger partial charge in [0.2, 0.25) is 0 Å². The third-order valence-electron chi connectivity index (χ3n) is 4.53. The summed E-state index contributed by atoms with van der Waals surface area (Å²) in [5.74, 6) is -1.18. The molecule has 1 aliphatic carbocycles. The van der Waals surface area contributed by atoms with Gasteiger partial charge in [0, 0.05) is 5.92 Å². The van der Waals surface area contributed by atoms with E-state index in [1.54, 1.807) is 39.0 Å². The lowest BCUT2D eigenvalue weighted by Crippen LogP contribution is -2.62. The Kier molecular flexibility index (Phi) is 5.69. The van der Waals surface area contributed by atoms with E-state index in [4.69, 9.17) is 14.2 Å². The van der Waals surface area contributed by atoms with Crippen molar-refractivity contribution in [1.29, 1.82) is 0 Å². The normalized spacial score (nSPS) is 31.8. The molecule has 3 atom stereocenters. The molecule has 0 spiro atoms. The average Bonchev–Trinajstić information content (AvgIpc) is 2.81. The second-order valence-electron chi connectivity index (χ2n) is 8.53. The molecule has 0 radical (unpaired) electrons. The summed E-state index contributed by atoms with van der Waals surface area (Å²) >= 11 is 0. The number of carbonyl (C=O) groups is 2. The van der Waals surface area contributed by atoms with Crippen LogP contribution in [0.3, 0.4) is 0 Å². The number of rotatable bonds is 3. The largest absolute Gasteiger partial charge is 0.444 e. The van der Waals surface area contributed by atoms with Crippen molar-refractivity contribution in [2.24, 2.45) is 5.92 Å². The van der Waals surface area contributed by atoms with Crippen LogP contribution in [-0.2, 0) is 19.0 Å². The Morgan fingerprint density at radius 2 is 2.04 bits per heavy atom. The molecule has 0 aromatic heterocycles. The molecule has 2 rings (SSSR count). The zero-order valence-corrected chi connectivity index (χ0v) is 16.8. The number of amides is 1. The molecule has 1 N–H and O–H groups in total. The van der Waals surface area contributed by atoms with Crippen LogP contribution in [0.15, 0.2) is 23.8 Å². The summed E-state index contributed by atoms with van der Waals surface area (Å²) < 4.78 is 17.2. The van der Waals surface area contributed by atoms with Crippen molar-refractivity contribution in [3.63, 3.8) is 0 Å². The van der Waals surface area contributed by atoms with Crippen molar-refractivity contribution >= 4 is 11.9 Å². The Labute approximate surface area is 155 Å². The van der Waals surface area contributed by atoms with E-state index in [1.807, 2.05) is 27.7 Å². The maximum Gasteiger partial charge on any atom is 0.408 e. The zero-order valence-electron chi connectivity index (χ0n) is 16.8. The number of carbonyl (C=O) groups excluding carboxylic acids is 2. The van der Waals surface area contributed by atoms with E-state index in [1.165, 1.54) is 0 Å². The minimum absolute atomic E-state index is 0.177. The topological polar surface area (TPSA) is 73.9 Å². The predicted molar refractivity (Wildman–Crippen MR) is 98.7 cm³/mol. The molecule has 0 saturated carbocycles. The summed E-state index contributed by atoms with van der Waals surface area (Å²) in [7, 11) is 0.